The first-order valence-electron chi connectivity index (χ1n) is 4.00. The van der Waals surface area contributed by atoms with Crippen molar-refractivity contribution in [1.29, 1.82) is 0 Å². The number of furan rings is 1. The van der Waals surface area contributed by atoms with Crippen molar-refractivity contribution in [3.63, 3.8) is 0 Å². The molecule has 0 aliphatic carbocycles. The number of ketones is 1. The lowest BCUT2D eigenvalue weighted by Gasteiger charge is -1.95. The van der Waals surface area contributed by atoms with Crippen LogP contribution in [0.25, 0.3) is 0 Å². The number of rotatable bonds is 2. The van der Waals surface area contributed by atoms with Crippen molar-refractivity contribution in [2.45, 2.75) is 6.92 Å². The second kappa shape index (κ2) is 3.86. The Morgan fingerprint density at radius 3 is 2.79 bits per heavy atom. The van der Waals surface area contributed by atoms with E-state index in [9.17, 15) is 4.79 Å². The summed E-state index contributed by atoms with van der Waals surface area (Å²) in [6.45, 7) is 1.87. The SMILES string of the molecule is Cc1cocc1C(=O)c1sccc1I. The molecule has 0 aliphatic rings. The number of hydrogen-bond donors (Lipinski definition) is 0. The summed E-state index contributed by atoms with van der Waals surface area (Å²) in [6, 6.07) is 1.94. The summed E-state index contributed by atoms with van der Waals surface area (Å²) in [5.41, 5.74) is 1.55. The topological polar surface area (TPSA) is 30.2 Å². The normalized spacial score (nSPS) is 10.4. The van der Waals surface area contributed by atoms with Crippen LogP contribution < -0.4 is 0 Å². The maximum Gasteiger partial charge on any atom is 0.207 e. The molecule has 2 rings (SSSR count). The molecule has 0 saturated heterocycles. The van der Waals surface area contributed by atoms with E-state index in [1.165, 1.54) is 17.6 Å². The van der Waals surface area contributed by atoms with Gasteiger partial charge >= 0.3 is 0 Å². The predicted octanol–water partition coefficient (Wildman–Crippen LogP) is 3.49. The van der Waals surface area contributed by atoms with E-state index in [4.69, 9.17) is 4.42 Å². The third-order valence-electron chi connectivity index (χ3n) is 1.92. The van der Waals surface area contributed by atoms with Gasteiger partial charge in [-0.15, -0.1) is 11.3 Å². The summed E-state index contributed by atoms with van der Waals surface area (Å²) in [5.74, 6) is 0.0515. The smallest absolute Gasteiger partial charge is 0.207 e. The van der Waals surface area contributed by atoms with Crippen LogP contribution in [0.5, 0.6) is 0 Å². The maximum absolute atomic E-state index is 12.0. The van der Waals surface area contributed by atoms with Crippen LogP contribution in [0.3, 0.4) is 0 Å². The average molecular weight is 318 g/mol. The van der Waals surface area contributed by atoms with Crippen molar-refractivity contribution in [2.75, 3.05) is 0 Å². The van der Waals surface area contributed by atoms with E-state index in [2.05, 4.69) is 22.6 Å². The summed E-state index contributed by atoms with van der Waals surface area (Å²) >= 11 is 3.63. The van der Waals surface area contributed by atoms with E-state index in [1.54, 1.807) is 6.26 Å². The van der Waals surface area contributed by atoms with Gasteiger partial charge in [0, 0.05) is 3.57 Å². The van der Waals surface area contributed by atoms with Gasteiger partial charge in [0.1, 0.15) is 6.26 Å². The van der Waals surface area contributed by atoms with Crippen LogP contribution in [0.4, 0.5) is 0 Å². The van der Waals surface area contributed by atoms with E-state index in [0.717, 1.165) is 14.0 Å². The average Bonchev–Trinajstić information content (AvgIpc) is 2.73. The molecule has 0 atom stereocenters. The minimum absolute atomic E-state index is 0.0515. The number of carbonyl (C=O) groups is 1. The Hall–Kier alpha value is -0.620. The highest BCUT2D eigenvalue weighted by atomic mass is 127. The molecule has 0 bridgehead atoms. The van der Waals surface area contributed by atoms with Crippen molar-refractivity contribution >= 4 is 39.7 Å². The zero-order chi connectivity index (χ0) is 10.1. The highest BCUT2D eigenvalue weighted by Crippen LogP contribution is 2.23. The van der Waals surface area contributed by atoms with Crippen LogP contribution in [0, 0.1) is 10.5 Å². The Morgan fingerprint density at radius 1 is 1.50 bits per heavy atom. The van der Waals surface area contributed by atoms with E-state index in [-0.39, 0.29) is 5.78 Å². The van der Waals surface area contributed by atoms with Gasteiger partial charge < -0.3 is 4.42 Å². The molecule has 0 aliphatic heterocycles. The van der Waals surface area contributed by atoms with Crippen LogP contribution in [0.2, 0.25) is 0 Å². The lowest BCUT2D eigenvalue weighted by atomic mass is 10.1. The first kappa shape index (κ1) is 9.92. The number of halogens is 1. The maximum atomic E-state index is 12.0. The van der Waals surface area contributed by atoms with Crippen LogP contribution in [0.15, 0.2) is 28.4 Å². The van der Waals surface area contributed by atoms with Gasteiger partial charge in [0.05, 0.1) is 16.7 Å². The van der Waals surface area contributed by atoms with Gasteiger partial charge in [-0.3, -0.25) is 4.79 Å². The molecule has 2 nitrogen and oxygen atoms in total. The summed E-state index contributed by atoms with van der Waals surface area (Å²) in [6.07, 6.45) is 3.10. The Morgan fingerprint density at radius 2 is 2.29 bits per heavy atom. The Kier molecular flexibility index (Phi) is 2.73. The summed E-state index contributed by atoms with van der Waals surface area (Å²) in [4.78, 5) is 12.7. The number of thiophene rings is 1. The minimum Gasteiger partial charge on any atom is -0.472 e. The molecule has 0 spiro atoms. The molecule has 2 aromatic heterocycles. The third-order valence-corrected chi connectivity index (χ3v) is 4.10. The summed E-state index contributed by atoms with van der Waals surface area (Å²) in [5, 5.41) is 1.92. The first-order chi connectivity index (χ1) is 6.70. The molecule has 0 saturated carbocycles. The van der Waals surface area contributed by atoms with Crippen molar-refractivity contribution < 1.29 is 9.21 Å². The fourth-order valence-electron chi connectivity index (χ4n) is 1.17. The van der Waals surface area contributed by atoms with E-state index in [1.807, 2.05) is 18.4 Å². The minimum atomic E-state index is 0.0515. The number of hydrogen-bond acceptors (Lipinski definition) is 3. The van der Waals surface area contributed by atoms with Gasteiger partial charge in [0.25, 0.3) is 0 Å². The largest absolute Gasteiger partial charge is 0.472 e. The summed E-state index contributed by atoms with van der Waals surface area (Å²) < 4.78 is 5.98. The van der Waals surface area contributed by atoms with Gasteiger partial charge in [-0.1, -0.05) is 0 Å². The summed E-state index contributed by atoms with van der Waals surface area (Å²) in [7, 11) is 0. The molecule has 0 N–H and O–H groups in total. The quantitative estimate of drug-likeness (QED) is 0.627. The van der Waals surface area contributed by atoms with Crippen LogP contribution in [-0.4, -0.2) is 5.78 Å². The Balaban J connectivity index is 2.44. The lowest BCUT2D eigenvalue weighted by molar-refractivity contribution is 0.104. The number of carbonyl (C=O) groups excluding carboxylic acids is 1. The second-order valence-electron chi connectivity index (χ2n) is 2.90. The molecule has 4 heteroatoms. The lowest BCUT2D eigenvalue weighted by Crippen LogP contribution is -2.00. The first-order valence-corrected chi connectivity index (χ1v) is 5.96. The molecular weight excluding hydrogens is 311 g/mol. The van der Waals surface area contributed by atoms with Crippen molar-refractivity contribution in [2.24, 2.45) is 0 Å². The fourth-order valence-corrected chi connectivity index (χ4v) is 2.96. The Labute approximate surface area is 99.1 Å². The molecule has 14 heavy (non-hydrogen) atoms. The third kappa shape index (κ3) is 1.64. The van der Waals surface area contributed by atoms with E-state index < -0.39 is 0 Å². The zero-order valence-corrected chi connectivity index (χ0v) is 10.4. The molecule has 0 radical (unpaired) electrons. The van der Waals surface area contributed by atoms with Crippen molar-refractivity contribution in [3.8, 4) is 0 Å². The molecule has 2 heterocycles. The predicted molar refractivity (Wildman–Crippen MR) is 63.9 cm³/mol. The van der Waals surface area contributed by atoms with Gasteiger partial charge in [0.15, 0.2) is 0 Å². The monoisotopic (exact) mass is 318 g/mol. The van der Waals surface area contributed by atoms with Crippen LogP contribution >= 0.6 is 33.9 Å². The second-order valence-corrected chi connectivity index (χ2v) is 4.97. The van der Waals surface area contributed by atoms with E-state index >= 15 is 0 Å². The van der Waals surface area contributed by atoms with E-state index in [0.29, 0.717) is 5.56 Å². The molecule has 0 unspecified atom stereocenters. The van der Waals surface area contributed by atoms with Gasteiger partial charge in [-0.25, -0.2) is 0 Å². The molecule has 0 fully saturated rings. The van der Waals surface area contributed by atoms with Gasteiger partial charge in [0.2, 0.25) is 5.78 Å². The molecule has 0 amide bonds. The standard InChI is InChI=1S/C10H7IO2S/c1-6-4-13-5-7(6)9(12)10-8(11)2-3-14-10/h2-5H,1H3. The molecular formula is C10H7IO2S. The van der Waals surface area contributed by atoms with Gasteiger partial charge in [-0.05, 0) is 46.5 Å². The highest BCUT2D eigenvalue weighted by molar-refractivity contribution is 14.1. The van der Waals surface area contributed by atoms with Crippen LogP contribution in [-0.2, 0) is 0 Å². The Bertz CT molecular complexity index is 428. The zero-order valence-electron chi connectivity index (χ0n) is 7.41. The van der Waals surface area contributed by atoms with Crippen LogP contribution in [0.1, 0.15) is 20.8 Å². The number of aryl methyl sites for hydroxylation is 1. The fraction of sp³-hybridized carbons (Fsp3) is 0.100. The van der Waals surface area contributed by atoms with Crippen molar-refractivity contribution in [1.82, 2.24) is 0 Å². The molecule has 72 valence electrons. The molecule has 0 aromatic carbocycles. The highest BCUT2D eigenvalue weighted by Gasteiger charge is 2.17. The van der Waals surface area contributed by atoms with Gasteiger partial charge in [-0.2, -0.15) is 0 Å². The van der Waals surface area contributed by atoms with Crippen molar-refractivity contribution in [3.05, 3.63) is 43.5 Å². The molecule has 2 aromatic rings.